The van der Waals surface area contributed by atoms with Gasteiger partial charge in [-0.2, -0.15) is 0 Å². The number of rotatable bonds is 5. The summed E-state index contributed by atoms with van der Waals surface area (Å²) in [6.07, 6.45) is 1.50. The molecule has 0 aromatic heterocycles. The van der Waals surface area contributed by atoms with Crippen LogP contribution in [0.3, 0.4) is 0 Å². The summed E-state index contributed by atoms with van der Waals surface area (Å²) < 4.78 is 26.4. The van der Waals surface area contributed by atoms with Gasteiger partial charge in [0, 0.05) is 6.54 Å². The molecule has 3 rings (SSSR count). The molecule has 0 N–H and O–H groups in total. The first kappa shape index (κ1) is 17.0. The lowest BCUT2D eigenvalue weighted by molar-refractivity contribution is -0.128. The highest BCUT2D eigenvalue weighted by Crippen LogP contribution is 2.38. The Morgan fingerprint density at radius 2 is 1.83 bits per heavy atom. The van der Waals surface area contributed by atoms with Crippen molar-refractivity contribution in [3.8, 4) is 0 Å². The van der Waals surface area contributed by atoms with Gasteiger partial charge in [0.1, 0.15) is 17.0 Å². The van der Waals surface area contributed by atoms with Gasteiger partial charge in [-0.3, -0.25) is 4.79 Å². The van der Waals surface area contributed by atoms with Crippen LogP contribution in [0.4, 0.5) is 8.78 Å². The Kier molecular flexibility index (Phi) is 5.19. The molecule has 0 radical (unpaired) electrons. The van der Waals surface area contributed by atoms with E-state index in [4.69, 9.17) is 0 Å². The van der Waals surface area contributed by atoms with Crippen LogP contribution in [0.15, 0.2) is 42.5 Å². The first-order valence-corrected chi connectivity index (χ1v) is 9.01. The lowest BCUT2D eigenvalue weighted by atomic mass is 10.0. The zero-order chi connectivity index (χ0) is 17.1. The van der Waals surface area contributed by atoms with Gasteiger partial charge in [0.15, 0.2) is 0 Å². The van der Waals surface area contributed by atoms with Crippen LogP contribution in [0.1, 0.15) is 28.5 Å². The molecule has 0 saturated carbocycles. The van der Waals surface area contributed by atoms with Gasteiger partial charge in [-0.15, -0.1) is 11.8 Å². The smallest absolute Gasteiger partial charge is 0.233 e. The Morgan fingerprint density at radius 1 is 1.12 bits per heavy atom. The SMILES string of the molecule is Cc1ccc(F)cc1CCCN1C(=O)CSC1c1ccc(F)cc1. The minimum absolute atomic E-state index is 0.0632. The average Bonchev–Trinajstić information content (AvgIpc) is 2.93. The summed E-state index contributed by atoms with van der Waals surface area (Å²) in [7, 11) is 0. The Labute approximate surface area is 144 Å². The van der Waals surface area contributed by atoms with Crippen LogP contribution in [0.25, 0.3) is 0 Å². The van der Waals surface area contributed by atoms with E-state index in [1.165, 1.54) is 18.2 Å². The highest BCUT2D eigenvalue weighted by atomic mass is 32.2. The molecule has 2 aromatic rings. The number of hydrogen-bond acceptors (Lipinski definition) is 2. The minimum atomic E-state index is -0.277. The summed E-state index contributed by atoms with van der Waals surface area (Å²) in [5, 5.41) is -0.0632. The van der Waals surface area contributed by atoms with Gasteiger partial charge in [0.2, 0.25) is 5.91 Å². The van der Waals surface area contributed by atoms with Crippen molar-refractivity contribution in [2.75, 3.05) is 12.3 Å². The van der Waals surface area contributed by atoms with Gasteiger partial charge in [0.05, 0.1) is 5.75 Å². The number of thioether (sulfide) groups is 1. The van der Waals surface area contributed by atoms with Gasteiger partial charge >= 0.3 is 0 Å². The summed E-state index contributed by atoms with van der Waals surface area (Å²) in [4.78, 5) is 14.0. The molecule has 1 atom stereocenters. The predicted molar refractivity (Wildman–Crippen MR) is 92.8 cm³/mol. The third-order valence-electron chi connectivity index (χ3n) is 4.28. The molecule has 5 heteroatoms. The quantitative estimate of drug-likeness (QED) is 0.795. The van der Waals surface area contributed by atoms with Crippen LogP contribution in [-0.2, 0) is 11.2 Å². The van der Waals surface area contributed by atoms with Gasteiger partial charge in [-0.05, 0) is 60.7 Å². The maximum absolute atomic E-state index is 13.4. The summed E-state index contributed by atoms with van der Waals surface area (Å²) in [5.74, 6) is 0.0418. The van der Waals surface area contributed by atoms with Crippen molar-refractivity contribution in [1.82, 2.24) is 4.90 Å². The van der Waals surface area contributed by atoms with Gasteiger partial charge in [-0.1, -0.05) is 18.2 Å². The molecule has 1 heterocycles. The van der Waals surface area contributed by atoms with Crippen LogP contribution in [0.2, 0.25) is 0 Å². The molecule has 1 amide bonds. The molecule has 0 spiro atoms. The van der Waals surface area contributed by atoms with E-state index in [-0.39, 0.29) is 22.9 Å². The monoisotopic (exact) mass is 347 g/mol. The number of amides is 1. The van der Waals surface area contributed by atoms with Crippen molar-refractivity contribution in [3.63, 3.8) is 0 Å². The van der Waals surface area contributed by atoms with E-state index in [0.717, 1.165) is 29.5 Å². The topological polar surface area (TPSA) is 20.3 Å². The number of aryl methyl sites for hydroxylation is 2. The van der Waals surface area contributed by atoms with Crippen LogP contribution in [0.5, 0.6) is 0 Å². The fourth-order valence-corrected chi connectivity index (χ4v) is 4.17. The first-order valence-electron chi connectivity index (χ1n) is 7.96. The van der Waals surface area contributed by atoms with Crippen molar-refractivity contribution < 1.29 is 13.6 Å². The van der Waals surface area contributed by atoms with E-state index >= 15 is 0 Å². The van der Waals surface area contributed by atoms with Crippen LogP contribution >= 0.6 is 11.8 Å². The molecule has 0 aliphatic carbocycles. The Hall–Kier alpha value is -1.88. The fraction of sp³-hybridized carbons (Fsp3) is 0.316. The highest BCUT2D eigenvalue weighted by molar-refractivity contribution is 8.00. The summed E-state index contributed by atoms with van der Waals surface area (Å²) >= 11 is 1.56. The number of halogens is 2. The number of benzene rings is 2. The number of nitrogens with zero attached hydrogens (tertiary/aromatic N) is 1. The third-order valence-corrected chi connectivity index (χ3v) is 5.54. The maximum Gasteiger partial charge on any atom is 0.233 e. The molecule has 1 unspecified atom stereocenters. The maximum atomic E-state index is 13.4. The molecule has 126 valence electrons. The van der Waals surface area contributed by atoms with Crippen LogP contribution in [0, 0.1) is 18.6 Å². The van der Waals surface area contributed by atoms with E-state index < -0.39 is 0 Å². The average molecular weight is 347 g/mol. The molecular weight excluding hydrogens is 328 g/mol. The Balaban J connectivity index is 1.65. The fourth-order valence-electron chi connectivity index (χ4n) is 2.95. The molecule has 2 aromatic carbocycles. The second-order valence-corrected chi connectivity index (χ2v) is 7.04. The lowest BCUT2D eigenvalue weighted by Crippen LogP contribution is -2.29. The molecule has 1 aliphatic rings. The summed E-state index contributed by atoms with van der Waals surface area (Å²) in [6.45, 7) is 2.58. The van der Waals surface area contributed by atoms with E-state index in [2.05, 4.69) is 0 Å². The lowest BCUT2D eigenvalue weighted by Gasteiger charge is -2.24. The van der Waals surface area contributed by atoms with Gasteiger partial charge in [-0.25, -0.2) is 8.78 Å². The van der Waals surface area contributed by atoms with Crippen molar-refractivity contribution in [3.05, 3.63) is 70.8 Å². The summed E-state index contributed by atoms with van der Waals surface area (Å²) in [5.41, 5.74) is 2.98. The highest BCUT2D eigenvalue weighted by Gasteiger charge is 2.32. The van der Waals surface area contributed by atoms with E-state index in [0.29, 0.717) is 12.3 Å². The predicted octanol–water partition coefficient (Wildman–Crippen LogP) is 4.48. The molecule has 0 bridgehead atoms. The van der Waals surface area contributed by atoms with E-state index in [1.807, 2.05) is 11.8 Å². The third kappa shape index (κ3) is 3.78. The zero-order valence-electron chi connectivity index (χ0n) is 13.5. The van der Waals surface area contributed by atoms with Crippen molar-refractivity contribution >= 4 is 17.7 Å². The Bertz CT molecular complexity index is 733. The minimum Gasteiger partial charge on any atom is -0.326 e. The van der Waals surface area contributed by atoms with Gasteiger partial charge < -0.3 is 4.90 Å². The van der Waals surface area contributed by atoms with Gasteiger partial charge in [0.25, 0.3) is 0 Å². The molecule has 1 saturated heterocycles. The molecule has 1 fully saturated rings. The van der Waals surface area contributed by atoms with Crippen LogP contribution in [-0.4, -0.2) is 23.1 Å². The largest absolute Gasteiger partial charge is 0.326 e. The van der Waals surface area contributed by atoms with Crippen LogP contribution < -0.4 is 0 Å². The van der Waals surface area contributed by atoms with E-state index in [9.17, 15) is 13.6 Å². The normalized spacial score (nSPS) is 17.5. The standard InChI is InChI=1S/C19H19F2NOS/c1-13-4-7-17(21)11-15(13)3-2-10-22-18(23)12-24-19(22)14-5-8-16(20)9-6-14/h4-9,11,19H,2-3,10,12H2,1H3. The summed E-state index contributed by atoms with van der Waals surface area (Å²) in [6, 6.07) is 11.1. The van der Waals surface area contributed by atoms with Crippen molar-refractivity contribution in [2.24, 2.45) is 0 Å². The molecule has 1 aliphatic heterocycles. The van der Waals surface area contributed by atoms with E-state index in [1.54, 1.807) is 36.0 Å². The molecule has 24 heavy (non-hydrogen) atoms. The second kappa shape index (κ2) is 7.34. The second-order valence-electron chi connectivity index (χ2n) is 5.98. The number of carbonyl (C=O) groups excluding carboxylic acids is 1. The molecule has 2 nitrogen and oxygen atoms in total. The first-order chi connectivity index (χ1) is 11.5. The van der Waals surface area contributed by atoms with Crippen molar-refractivity contribution in [2.45, 2.75) is 25.1 Å². The Morgan fingerprint density at radius 3 is 2.58 bits per heavy atom. The van der Waals surface area contributed by atoms with Crippen molar-refractivity contribution in [1.29, 1.82) is 0 Å². The zero-order valence-corrected chi connectivity index (χ0v) is 14.3. The number of carbonyl (C=O) groups is 1. The number of hydrogen-bond donors (Lipinski definition) is 0. The molecular formula is C19H19F2NOS.